The van der Waals surface area contributed by atoms with Gasteiger partial charge in [0.25, 0.3) is 0 Å². The van der Waals surface area contributed by atoms with Crippen LogP contribution in [0.25, 0.3) is 11.4 Å². The molecule has 2 aromatic heterocycles. The second-order valence-corrected chi connectivity index (χ2v) is 3.33. The zero-order valence-electron chi connectivity index (χ0n) is 6.41. The number of hydrogen-bond acceptors (Lipinski definition) is 3. The van der Waals surface area contributed by atoms with E-state index < -0.39 is 0 Å². The van der Waals surface area contributed by atoms with E-state index in [1.54, 1.807) is 12.4 Å². The third-order valence-corrected chi connectivity index (χ3v) is 1.91. The summed E-state index contributed by atoms with van der Waals surface area (Å²) < 4.78 is 0.842. The summed E-state index contributed by atoms with van der Waals surface area (Å²) in [6, 6.07) is 1.82. The minimum Gasteiger partial charge on any atom is -0.289 e. The van der Waals surface area contributed by atoms with E-state index in [-0.39, 0.29) is 5.69 Å². The minimum absolute atomic E-state index is 0.324. The summed E-state index contributed by atoms with van der Waals surface area (Å²) >= 11 is 3.27. The molecule has 13 heavy (non-hydrogen) atoms. The second kappa shape index (κ2) is 3.14. The monoisotopic (exact) mass is 240 g/mol. The van der Waals surface area contributed by atoms with Gasteiger partial charge in [0.1, 0.15) is 0 Å². The zero-order chi connectivity index (χ0) is 9.26. The SMILES string of the molecule is O=c1[nH]nc(-c2cncc(Br)c2)[nH]1. The smallest absolute Gasteiger partial charge is 0.289 e. The fourth-order valence-electron chi connectivity index (χ4n) is 0.948. The molecule has 2 N–H and O–H groups in total. The number of hydrogen-bond donors (Lipinski definition) is 2. The van der Waals surface area contributed by atoms with E-state index in [1.807, 2.05) is 6.07 Å². The lowest BCUT2D eigenvalue weighted by Gasteiger charge is -1.94. The first-order chi connectivity index (χ1) is 6.25. The standard InChI is InChI=1S/C7H5BrN4O/c8-5-1-4(2-9-3-5)6-10-7(13)12-11-6/h1-3H,(H2,10,11,12,13). The van der Waals surface area contributed by atoms with Gasteiger partial charge in [-0.3, -0.25) is 9.97 Å². The van der Waals surface area contributed by atoms with E-state index >= 15 is 0 Å². The van der Waals surface area contributed by atoms with Crippen molar-refractivity contribution in [1.82, 2.24) is 20.2 Å². The van der Waals surface area contributed by atoms with Crippen LogP contribution in [0.3, 0.4) is 0 Å². The molecule has 2 heterocycles. The number of rotatable bonds is 1. The number of pyridine rings is 1. The number of H-pyrrole nitrogens is 2. The number of nitrogens with one attached hydrogen (secondary N) is 2. The first-order valence-electron chi connectivity index (χ1n) is 3.51. The molecule has 0 aliphatic rings. The Morgan fingerprint density at radius 1 is 1.38 bits per heavy atom. The van der Waals surface area contributed by atoms with E-state index in [9.17, 15) is 4.79 Å². The van der Waals surface area contributed by atoms with Crippen LogP contribution in [0.4, 0.5) is 0 Å². The molecule has 0 saturated heterocycles. The highest BCUT2D eigenvalue weighted by molar-refractivity contribution is 9.10. The molecule has 0 aromatic carbocycles. The predicted octanol–water partition coefficient (Wildman–Crippen LogP) is 0.922. The largest absolute Gasteiger partial charge is 0.340 e. The lowest BCUT2D eigenvalue weighted by molar-refractivity contribution is 1.05. The third kappa shape index (κ3) is 1.67. The Hall–Kier alpha value is -1.43. The normalized spacial score (nSPS) is 10.2. The highest BCUT2D eigenvalue weighted by Crippen LogP contribution is 2.16. The van der Waals surface area contributed by atoms with Crippen molar-refractivity contribution >= 4 is 15.9 Å². The van der Waals surface area contributed by atoms with Crippen LogP contribution in [0.15, 0.2) is 27.7 Å². The summed E-state index contributed by atoms with van der Waals surface area (Å²) in [4.78, 5) is 17.2. The van der Waals surface area contributed by atoms with Crippen LogP contribution in [-0.2, 0) is 0 Å². The van der Waals surface area contributed by atoms with Crippen LogP contribution in [-0.4, -0.2) is 20.2 Å². The number of aromatic amines is 2. The molecule has 0 fully saturated rings. The van der Waals surface area contributed by atoms with Crippen molar-refractivity contribution in [3.63, 3.8) is 0 Å². The van der Waals surface area contributed by atoms with Crippen molar-refractivity contribution in [2.45, 2.75) is 0 Å². The lowest BCUT2D eigenvalue weighted by Crippen LogP contribution is -2.00. The van der Waals surface area contributed by atoms with Crippen molar-refractivity contribution in [3.8, 4) is 11.4 Å². The van der Waals surface area contributed by atoms with Gasteiger partial charge < -0.3 is 0 Å². The Balaban J connectivity index is 2.52. The molecule has 6 heteroatoms. The number of aromatic nitrogens is 4. The molecule has 0 amide bonds. The first kappa shape index (κ1) is 8.18. The number of nitrogens with zero attached hydrogens (tertiary/aromatic N) is 2. The van der Waals surface area contributed by atoms with E-state index in [0.717, 1.165) is 10.0 Å². The van der Waals surface area contributed by atoms with Crippen LogP contribution in [0.5, 0.6) is 0 Å². The molecule has 0 bridgehead atoms. The predicted molar refractivity (Wildman–Crippen MR) is 50.1 cm³/mol. The molecule has 2 rings (SSSR count). The summed E-state index contributed by atoms with van der Waals surface area (Å²) in [5, 5.41) is 6.06. The van der Waals surface area contributed by atoms with E-state index in [0.29, 0.717) is 5.82 Å². The first-order valence-corrected chi connectivity index (χ1v) is 4.30. The van der Waals surface area contributed by atoms with Gasteiger partial charge in [-0.15, -0.1) is 0 Å². The summed E-state index contributed by atoms with van der Waals surface area (Å²) in [5.41, 5.74) is 0.433. The van der Waals surface area contributed by atoms with Crippen LogP contribution >= 0.6 is 15.9 Å². The van der Waals surface area contributed by atoms with Crippen molar-refractivity contribution in [2.75, 3.05) is 0 Å². The maximum absolute atomic E-state index is 10.7. The molecule has 2 aromatic rings. The molecule has 66 valence electrons. The van der Waals surface area contributed by atoms with E-state index in [1.165, 1.54) is 0 Å². The van der Waals surface area contributed by atoms with Crippen LogP contribution in [0.2, 0.25) is 0 Å². The Bertz CT molecular complexity index is 475. The van der Waals surface area contributed by atoms with Gasteiger partial charge >= 0.3 is 5.69 Å². The number of halogens is 1. The molecule has 0 atom stereocenters. The maximum atomic E-state index is 10.7. The average molecular weight is 241 g/mol. The fraction of sp³-hybridized carbons (Fsp3) is 0. The molecule has 0 radical (unpaired) electrons. The summed E-state index contributed by atoms with van der Waals surface area (Å²) in [7, 11) is 0. The average Bonchev–Trinajstić information content (AvgIpc) is 2.52. The molecular formula is C7H5BrN4O. The van der Waals surface area contributed by atoms with Crippen molar-refractivity contribution < 1.29 is 0 Å². The Morgan fingerprint density at radius 2 is 2.23 bits per heavy atom. The van der Waals surface area contributed by atoms with Crippen LogP contribution in [0.1, 0.15) is 0 Å². The zero-order valence-corrected chi connectivity index (χ0v) is 8.00. The summed E-state index contributed by atoms with van der Waals surface area (Å²) in [6.07, 6.45) is 3.28. The van der Waals surface area contributed by atoms with Crippen molar-refractivity contribution in [1.29, 1.82) is 0 Å². The molecule has 0 unspecified atom stereocenters. The van der Waals surface area contributed by atoms with Gasteiger partial charge in [0.2, 0.25) is 0 Å². The second-order valence-electron chi connectivity index (χ2n) is 2.42. The van der Waals surface area contributed by atoms with Gasteiger partial charge in [-0.25, -0.2) is 9.89 Å². The highest BCUT2D eigenvalue weighted by Gasteiger charge is 2.02. The van der Waals surface area contributed by atoms with Gasteiger partial charge in [-0.05, 0) is 22.0 Å². The quantitative estimate of drug-likeness (QED) is 0.779. The maximum Gasteiger partial charge on any atom is 0.340 e. The highest BCUT2D eigenvalue weighted by atomic mass is 79.9. The van der Waals surface area contributed by atoms with E-state index in [4.69, 9.17) is 0 Å². The minimum atomic E-state index is -0.324. The van der Waals surface area contributed by atoms with Crippen molar-refractivity contribution in [2.24, 2.45) is 0 Å². The molecule has 0 aliphatic carbocycles. The molecule has 5 nitrogen and oxygen atoms in total. The fourth-order valence-corrected chi connectivity index (χ4v) is 1.31. The Morgan fingerprint density at radius 3 is 2.85 bits per heavy atom. The van der Waals surface area contributed by atoms with E-state index in [2.05, 4.69) is 36.1 Å². The summed E-state index contributed by atoms with van der Waals surface area (Å²) in [6.45, 7) is 0. The van der Waals surface area contributed by atoms with Gasteiger partial charge in [0.05, 0.1) is 0 Å². The summed E-state index contributed by atoms with van der Waals surface area (Å²) in [5.74, 6) is 0.485. The Labute approximate surface area is 81.4 Å². The van der Waals surface area contributed by atoms with Gasteiger partial charge in [0, 0.05) is 22.4 Å². The molecule has 0 aliphatic heterocycles. The topological polar surface area (TPSA) is 74.4 Å². The van der Waals surface area contributed by atoms with Gasteiger partial charge in [-0.2, -0.15) is 5.10 Å². The Kier molecular flexibility index (Phi) is 1.97. The molecule has 0 spiro atoms. The molecular weight excluding hydrogens is 236 g/mol. The lowest BCUT2D eigenvalue weighted by atomic mass is 10.3. The van der Waals surface area contributed by atoms with Gasteiger partial charge in [-0.1, -0.05) is 0 Å². The molecule has 0 saturated carbocycles. The van der Waals surface area contributed by atoms with Crippen molar-refractivity contribution in [3.05, 3.63) is 33.4 Å². The van der Waals surface area contributed by atoms with Crippen LogP contribution < -0.4 is 5.69 Å². The van der Waals surface area contributed by atoms with Gasteiger partial charge in [0.15, 0.2) is 5.82 Å². The van der Waals surface area contributed by atoms with Crippen LogP contribution in [0, 0.1) is 0 Å². The third-order valence-electron chi connectivity index (χ3n) is 1.48.